The summed E-state index contributed by atoms with van der Waals surface area (Å²) in [6.07, 6.45) is 1.89. The van der Waals surface area contributed by atoms with Gasteiger partial charge >= 0.3 is 0 Å². The molecule has 2 aromatic rings. The van der Waals surface area contributed by atoms with E-state index in [-0.39, 0.29) is 28.1 Å². The zero-order valence-electron chi connectivity index (χ0n) is 12.6. The van der Waals surface area contributed by atoms with Crippen molar-refractivity contribution in [3.05, 3.63) is 63.1 Å². The van der Waals surface area contributed by atoms with E-state index in [9.17, 15) is 14.3 Å². The van der Waals surface area contributed by atoms with Gasteiger partial charge in [-0.3, -0.25) is 9.78 Å². The molecule has 1 aromatic heterocycles. The fourth-order valence-corrected chi connectivity index (χ4v) is 3.47. The van der Waals surface area contributed by atoms with E-state index in [4.69, 9.17) is 23.2 Å². The van der Waals surface area contributed by atoms with E-state index in [1.54, 1.807) is 18.3 Å². The second kappa shape index (κ2) is 7.05. The summed E-state index contributed by atoms with van der Waals surface area (Å²) in [4.78, 5) is 16.7. The summed E-state index contributed by atoms with van der Waals surface area (Å²) >= 11 is 11.7. The lowest BCUT2D eigenvalue weighted by molar-refractivity contribution is -0.123. The Morgan fingerprint density at radius 3 is 2.92 bits per heavy atom. The van der Waals surface area contributed by atoms with Crippen LogP contribution in [0.2, 0.25) is 10.0 Å². The molecular weight excluding hydrogens is 354 g/mol. The largest absolute Gasteiger partial charge is 0.387 e. The standard InChI is InChI=1S/C17H15Cl2FN2O2/c18-9-6-13(19)12(14(20)7-9)8-22-17(24)11-3-4-15(23)16-10(11)2-1-5-21-16/h1-2,5-7,11,15,23H,3-4,8H2,(H,22,24). The summed E-state index contributed by atoms with van der Waals surface area (Å²) in [6, 6.07) is 6.10. The lowest BCUT2D eigenvalue weighted by Gasteiger charge is -2.27. The second-order valence-electron chi connectivity index (χ2n) is 5.69. The van der Waals surface area contributed by atoms with E-state index in [1.165, 1.54) is 6.07 Å². The number of rotatable bonds is 3. The van der Waals surface area contributed by atoms with Gasteiger partial charge in [0.05, 0.1) is 17.7 Å². The number of hydrogen-bond acceptors (Lipinski definition) is 3. The summed E-state index contributed by atoms with van der Waals surface area (Å²) in [7, 11) is 0. The third kappa shape index (κ3) is 3.38. The lowest BCUT2D eigenvalue weighted by Crippen LogP contribution is -2.32. The zero-order chi connectivity index (χ0) is 17.3. The van der Waals surface area contributed by atoms with Gasteiger partial charge in [0, 0.05) is 28.4 Å². The van der Waals surface area contributed by atoms with Crippen molar-refractivity contribution >= 4 is 29.1 Å². The van der Waals surface area contributed by atoms with Crippen molar-refractivity contribution in [1.29, 1.82) is 0 Å². The molecule has 0 spiro atoms. The molecule has 7 heteroatoms. The van der Waals surface area contributed by atoms with Crippen LogP contribution >= 0.6 is 23.2 Å². The average molecular weight is 369 g/mol. The molecule has 0 radical (unpaired) electrons. The van der Waals surface area contributed by atoms with Crippen LogP contribution in [0.5, 0.6) is 0 Å². The smallest absolute Gasteiger partial charge is 0.227 e. The van der Waals surface area contributed by atoms with E-state index < -0.39 is 17.8 Å². The van der Waals surface area contributed by atoms with E-state index in [2.05, 4.69) is 10.3 Å². The van der Waals surface area contributed by atoms with Crippen LogP contribution < -0.4 is 5.32 Å². The predicted molar refractivity (Wildman–Crippen MR) is 89.4 cm³/mol. The monoisotopic (exact) mass is 368 g/mol. The number of pyridine rings is 1. The number of hydrogen-bond donors (Lipinski definition) is 2. The molecule has 2 unspecified atom stereocenters. The number of aromatic nitrogens is 1. The van der Waals surface area contributed by atoms with Gasteiger partial charge in [0.2, 0.25) is 5.91 Å². The highest BCUT2D eigenvalue weighted by Crippen LogP contribution is 2.36. The first kappa shape index (κ1) is 17.1. The van der Waals surface area contributed by atoms with Gasteiger partial charge in [0.25, 0.3) is 0 Å². The number of carbonyl (C=O) groups is 1. The Morgan fingerprint density at radius 2 is 2.17 bits per heavy atom. The number of fused-ring (bicyclic) bond motifs is 1. The number of benzene rings is 1. The van der Waals surface area contributed by atoms with Crippen LogP contribution in [0.25, 0.3) is 0 Å². The Balaban J connectivity index is 1.76. The molecule has 2 N–H and O–H groups in total. The molecule has 0 fully saturated rings. The van der Waals surface area contributed by atoms with E-state index in [0.29, 0.717) is 24.1 Å². The maximum atomic E-state index is 13.9. The Hall–Kier alpha value is -1.69. The Morgan fingerprint density at radius 1 is 1.38 bits per heavy atom. The van der Waals surface area contributed by atoms with Gasteiger partial charge < -0.3 is 10.4 Å². The van der Waals surface area contributed by atoms with E-state index in [1.807, 2.05) is 0 Å². The van der Waals surface area contributed by atoms with Crippen LogP contribution in [0.4, 0.5) is 4.39 Å². The van der Waals surface area contributed by atoms with Gasteiger partial charge in [0.1, 0.15) is 5.82 Å². The van der Waals surface area contributed by atoms with Crippen LogP contribution in [-0.4, -0.2) is 16.0 Å². The van der Waals surface area contributed by atoms with Gasteiger partial charge in [0.15, 0.2) is 0 Å². The highest BCUT2D eigenvalue weighted by atomic mass is 35.5. The third-order valence-electron chi connectivity index (χ3n) is 4.15. The molecule has 3 rings (SSSR count). The quantitative estimate of drug-likeness (QED) is 0.866. The zero-order valence-corrected chi connectivity index (χ0v) is 14.1. The van der Waals surface area contributed by atoms with Crippen molar-refractivity contribution in [2.24, 2.45) is 0 Å². The fourth-order valence-electron chi connectivity index (χ4n) is 2.93. The van der Waals surface area contributed by atoms with Crippen molar-refractivity contribution in [3.8, 4) is 0 Å². The first-order valence-electron chi connectivity index (χ1n) is 7.51. The first-order chi connectivity index (χ1) is 11.5. The van der Waals surface area contributed by atoms with Crippen molar-refractivity contribution in [1.82, 2.24) is 10.3 Å². The number of carbonyl (C=O) groups excluding carboxylic acids is 1. The number of halogens is 3. The summed E-state index contributed by atoms with van der Waals surface area (Å²) in [5.74, 6) is -1.23. The van der Waals surface area contributed by atoms with Gasteiger partial charge in [-0.05, 0) is 36.6 Å². The lowest BCUT2D eigenvalue weighted by atomic mass is 9.83. The van der Waals surface area contributed by atoms with E-state index in [0.717, 1.165) is 6.07 Å². The summed E-state index contributed by atoms with van der Waals surface area (Å²) in [5, 5.41) is 13.1. The normalized spacial score (nSPS) is 19.7. The van der Waals surface area contributed by atoms with Crippen molar-refractivity contribution in [3.63, 3.8) is 0 Å². The number of nitrogens with one attached hydrogen (secondary N) is 1. The van der Waals surface area contributed by atoms with Crippen molar-refractivity contribution < 1.29 is 14.3 Å². The molecule has 0 saturated carbocycles. The number of nitrogens with zero attached hydrogens (tertiary/aromatic N) is 1. The molecule has 0 aliphatic heterocycles. The second-order valence-corrected chi connectivity index (χ2v) is 6.53. The van der Waals surface area contributed by atoms with Crippen LogP contribution in [0.1, 0.15) is 41.7 Å². The molecule has 126 valence electrons. The SMILES string of the molecule is O=C(NCc1c(F)cc(Cl)cc1Cl)C1CCC(O)c2ncccc21. The van der Waals surface area contributed by atoms with Gasteiger partial charge in [-0.1, -0.05) is 29.3 Å². The molecule has 0 bridgehead atoms. The molecule has 1 aliphatic carbocycles. The average Bonchev–Trinajstić information content (AvgIpc) is 2.54. The molecule has 0 saturated heterocycles. The Kier molecular flexibility index (Phi) is 5.04. The highest BCUT2D eigenvalue weighted by molar-refractivity contribution is 6.35. The minimum atomic E-state index is -0.659. The predicted octanol–water partition coefficient (Wildman–Crippen LogP) is 3.75. The van der Waals surface area contributed by atoms with Crippen LogP contribution in [-0.2, 0) is 11.3 Å². The molecule has 1 amide bonds. The maximum absolute atomic E-state index is 13.9. The van der Waals surface area contributed by atoms with Gasteiger partial charge in [-0.15, -0.1) is 0 Å². The Labute approximate surface area is 148 Å². The molecule has 1 aliphatic rings. The van der Waals surface area contributed by atoms with E-state index >= 15 is 0 Å². The molecule has 2 atom stereocenters. The molecular formula is C17H15Cl2FN2O2. The van der Waals surface area contributed by atoms with Crippen molar-refractivity contribution in [2.45, 2.75) is 31.4 Å². The number of aliphatic hydroxyl groups is 1. The third-order valence-corrected chi connectivity index (χ3v) is 4.71. The van der Waals surface area contributed by atoms with Crippen molar-refractivity contribution in [2.75, 3.05) is 0 Å². The number of aliphatic hydroxyl groups excluding tert-OH is 1. The minimum Gasteiger partial charge on any atom is -0.387 e. The topological polar surface area (TPSA) is 62.2 Å². The first-order valence-corrected chi connectivity index (χ1v) is 8.27. The Bertz CT molecular complexity index is 762. The highest BCUT2D eigenvalue weighted by Gasteiger charge is 2.31. The number of amides is 1. The van der Waals surface area contributed by atoms with Gasteiger partial charge in [-0.25, -0.2) is 4.39 Å². The molecule has 1 heterocycles. The van der Waals surface area contributed by atoms with Gasteiger partial charge in [-0.2, -0.15) is 0 Å². The molecule has 24 heavy (non-hydrogen) atoms. The van der Waals surface area contributed by atoms with Crippen LogP contribution in [0.15, 0.2) is 30.5 Å². The molecule has 4 nitrogen and oxygen atoms in total. The summed E-state index contributed by atoms with van der Waals surface area (Å²) < 4.78 is 13.9. The summed E-state index contributed by atoms with van der Waals surface area (Å²) in [5.41, 5.74) is 1.42. The minimum absolute atomic E-state index is 0.0324. The van der Waals surface area contributed by atoms with Crippen LogP contribution in [0.3, 0.4) is 0 Å². The molecule has 1 aromatic carbocycles. The maximum Gasteiger partial charge on any atom is 0.227 e. The van der Waals surface area contributed by atoms with Crippen LogP contribution in [0, 0.1) is 5.82 Å². The fraction of sp³-hybridized carbons (Fsp3) is 0.294. The summed E-state index contributed by atoms with van der Waals surface area (Å²) in [6.45, 7) is -0.0324.